The van der Waals surface area contributed by atoms with Gasteiger partial charge in [0.25, 0.3) is 5.91 Å². The third-order valence-corrected chi connectivity index (χ3v) is 6.59. The summed E-state index contributed by atoms with van der Waals surface area (Å²) in [7, 11) is -3.52. The van der Waals surface area contributed by atoms with E-state index in [0.717, 1.165) is 6.42 Å². The number of thiophene rings is 1. The molecule has 8 heteroatoms. The van der Waals surface area contributed by atoms with E-state index in [2.05, 4.69) is 11.4 Å². The molecule has 1 aliphatic heterocycles. The minimum absolute atomic E-state index is 0.222. The van der Waals surface area contributed by atoms with Gasteiger partial charge in [-0.25, -0.2) is 8.42 Å². The maximum Gasteiger partial charge on any atom is 0.255 e. The fourth-order valence-corrected chi connectivity index (χ4v) is 4.98. The lowest BCUT2D eigenvalue weighted by molar-refractivity contribution is -0.119. The van der Waals surface area contributed by atoms with Crippen LogP contribution in [0.1, 0.15) is 17.9 Å². The number of carbonyl (C=O) groups is 1. The van der Waals surface area contributed by atoms with Crippen molar-refractivity contribution in [1.82, 2.24) is 4.31 Å². The van der Waals surface area contributed by atoms with Gasteiger partial charge in [0.05, 0.1) is 4.90 Å². The molecule has 3 rings (SSSR count). The van der Waals surface area contributed by atoms with Crippen LogP contribution in [-0.4, -0.2) is 38.3 Å². The second-order valence-electron chi connectivity index (χ2n) is 5.63. The molecule has 1 amide bonds. The van der Waals surface area contributed by atoms with Gasteiger partial charge in [-0.3, -0.25) is 4.79 Å². The van der Waals surface area contributed by atoms with E-state index >= 15 is 0 Å². The summed E-state index contributed by atoms with van der Waals surface area (Å²) in [4.78, 5) is 10.9. The Bertz CT molecular complexity index is 801. The van der Waals surface area contributed by atoms with Crippen LogP contribution in [0.5, 0.6) is 5.75 Å². The molecule has 1 aromatic heterocycles. The van der Waals surface area contributed by atoms with Gasteiger partial charge < -0.3 is 10.5 Å². The van der Waals surface area contributed by atoms with Crippen LogP contribution in [0.2, 0.25) is 0 Å². The fourth-order valence-electron chi connectivity index (χ4n) is 2.74. The van der Waals surface area contributed by atoms with Crippen molar-refractivity contribution in [2.75, 3.05) is 19.7 Å². The smallest absolute Gasteiger partial charge is 0.255 e. The van der Waals surface area contributed by atoms with Gasteiger partial charge in [0.1, 0.15) is 5.75 Å². The maximum absolute atomic E-state index is 12.7. The molecule has 0 radical (unpaired) electrons. The highest BCUT2D eigenvalue weighted by molar-refractivity contribution is 7.89. The predicted octanol–water partition coefficient (Wildman–Crippen LogP) is 1.79. The second-order valence-corrected chi connectivity index (χ2v) is 8.35. The van der Waals surface area contributed by atoms with Crippen molar-refractivity contribution in [3.63, 3.8) is 0 Å². The maximum atomic E-state index is 12.7. The van der Waals surface area contributed by atoms with Crippen LogP contribution in [0.3, 0.4) is 0 Å². The van der Waals surface area contributed by atoms with Crippen LogP contribution in [0, 0.1) is 0 Å². The van der Waals surface area contributed by atoms with Crippen LogP contribution < -0.4 is 10.5 Å². The molecular weight excluding hydrogens is 348 g/mol. The van der Waals surface area contributed by atoms with Gasteiger partial charge in [-0.2, -0.15) is 15.6 Å². The highest BCUT2D eigenvalue weighted by atomic mass is 32.2. The van der Waals surface area contributed by atoms with Gasteiger partial charge >= 0.3 is 0 Å². The number of nitrogens with two attached hydrogens (primary N) is 1. The van der Waals surface area contributed by atoms with Crippen molar-refractivity contribution in [1.29, 1.82) is 0 Å². The Kier molecular flexibility index (Phi) is 4.88. The first-order valence-corrected chi connectivity index (χ1v) is 9.88. The summed E-state index contributed by atoms with van der Waals surface area (Å²) in [5.41, 5.74) is 6.21. The zero-order valence-corrected chi connectivity index (χ0v) is 14.6. The van der Waals surface area contributed by atoms with Crippen molar-refractivity contribution >= 4 is 27.3 Å². The van der Waals surface area contributed by atoms with Gasteiger partial charge in [-0.15, -0.1) is 0 Å². The van der Waals surface area contributed by atoms with Crippen molar-refractivity contribution in [2.45, 2.75) is 17.2 Å². The molecule has 6 nitrogen and oxygen atoms in total. The Hall–Kier alpha value is -1.90. The van der Waals surface area contributed by atoms with E-state index in [1.807, 2.05) is 5.38 Å². The number of carbonyl (C=O) groups excluding carboxylic acids is 1. The zero-order chi connectivity index (χ0) is 17.2. The Morgan fingerprint density at radius 2 is 2.04 bits per heavy atom. The number of hydrogen-bond donors (Lipinski definition) is 1. The van der Waals surface area contributed by atoms with E-state index in [4.69, 9.17) is 10.5 Å². The average molecular weight is 366 g/mol. The highest BCUT2D eigenvalue weighted by Gasteiger charge is 2.33. The molecule has 1 aliphatic rings. The summed E-state index contributed by atoms with van der Waals surface area (Å²) in [6.07, 6.45) is 0.829. The Balaban J connectivity index is 1.70. The molecule has 0 saturated carbocycles. The van der Waals surface area contributed by atoms with Gasteiger partial charge in [-0.05, 0) is 59.0 Å². The SMILES string of the molecule is NC(=O)COc1ccc(S(=O)(=O)N2CCC(c3ccsc3)C2)cc1. The molecule has 2 aromatic rings. The van der Waals surface area contributed by atoms with Crippen molar-refractivity contribution < 1.29 is 17.9 Å². The molecular formula is C16H18N2O4S2. The summed E-state index contributed by atoms with van der Waals surface area (Å²) in [5.74, 6) is 0.0813. The number of rotatable bonds is 6. The zero-order valence-electron chi connectivity index (χ0n) is 12.9. The first kappa shape index (κ1) is 16.9. The summed E-state index contributed by atoms with van der Waals surface area (Å²) in [5, 5.41) is 4.09. The molecule has 2 heterocycles. The van der Waals surface area contributed by atoms with Crippen molar-refractivity contribution in [2.24, 2.45) is 5.73 Å². The third-order valence-electron chi connectivity index (χ3n) is 4.01. The highest BCUT2D eigenvalue weighted by Crippen LogP contribution is 2.32. The summed E-state index contributed by atoms with van der Waals surface area (Å²) in [6.45, 7) is 0.780. The Morgan fingerprint density at radius 1 is 1.29 bits per heavy atom. The van der Waals surface area contributed by atoms with Crippen LogP contribution in [0.25, 0.3) is 0 Å². The monoisotopic (exact) mass is 366 g/mol. The fraction of sp³-hybridized carbons (Fsp3) is 0.312. The average Bonchev–Trinajstić information content (AvgIpc) is 3.24. The molecule has 1 fully saturated rings. The van der Waals surface area contributed by atoms with E-state index in [1.165, 1.54) is 34.1 Å². The normalized spacial score (nSPS) is 18.6. The van der Waals surface area contributed by atoms with E-state index in [9.17, 15) is 13.2 Å². The first-order chi connectivity index (χ1) is 11.5. The number of amides is 1. The molecule has 1 atom stereocenters. The third kappa shape index (κ3) is 3.61. The minimum Gasteiger partial charge on any atom is -0.484 e. The lowest BCUT2D eigenvalue weighted by Gasteiger charge is -2.16. The van der Waals surface area contributed by atoms with Crippen LogP contribution in [0.15, 0.2) is 46.0 Å². The molecule has 1 aromatic carbocycles. The number of nitrogens with zero attached hydrogens (tertiary/aromatic N) is 1. The van der Waals surface area contributed by atoms with E-state index in [-0.39, 0.29) is 17.4 Å². The molecule has 0 spiro atoms. The number of benzene rings is 1. The van der Waals surface area contributed by atoms with Crippen molar-refractivity contribution in [3.05, 3.63) is 46.7 Å². The van der Waals surface area contributed by atoms with E-state index < -0.39 is 15.9 Å². The summed E-state index contributed by atoms with van der Waals surface area (Å²) in [6, 6.07) is 8.09. The van der Waals surface area contributed by atoms with E-state index in [0.29, 0.717) is 18.8 Å². The quantitative estimate of drug-likeness (QED) is 0.844. The summed E-state index contributed by atoms with van der Waals surface area (Å²) >= 11 is 1.62. The molecule has 24 heavy (non-hydrogen) atoms. The lowest BCUT2D eigenvalue weighted by atomic mass is 10.0. The van der Waals surface area contributed by atoms with Gasteiger partial charge in [-0.1, -0.05) is 0 Å². The Labute approximate surface area is 144 Å². The molecule has 0 aliphatic carbocycles. The topological polar surface area (TPSA) is 89.7 Å². The predicted molar refractivity (Wildman–Crippen MR) is 91.6 cm³/mol. The van der Waals surface area contributed by atoms with Gasteiger partial charge in [0.2, 0.25) is 10.0 Å². The van der Waals surface area contributed by atoms with E-state index in [1.54, 1.807) is 11.3 Å². The summed E-state index contributed by atoms with van der Waals surface area (Å²) < 4.78 is 32.1. The lowest BCUT2D eigenvalue weighted by Crippen LogP contribution is -2.28. The molecule has 0 bridgehead atoms. The minimum atomic E-state index is -3.52. The first-order valence-electron chi connectivity index (χ1n) is 7.50. The standard InChI is InChI=1S/C16H18N2O4S2/c17-16(19)10-22-14-1-3-15(4-2-14)24(20,21)18-7-5-12(9-18)13-6-8-23-11-13/h1-4,6,8,11-12H,5,7,9-10H2,(H2,17,19). The van der Waals surface area contributed by atoms with Crippen molar-refractivity contribution in [3.8, 4) is 5.75 Å². The largest absolute Gasteiger partial charge is 0.484 e. The number of hydrogen-bond acceptors (Lipinski definition) is 5. The van der Waals surface area contributed by atoms with Crippen LogP contribution >= 0.6 is 11.3 Å². The number of primary amides is 1. The number of ether oxygens (including phenoxy) is 1. The van der Waals surface area contributed by atoms with Crippen LogP contribution in [-0.2, 0) is 14.8 Å². The molecule has 128 valence electrons. The van der Waals surface area contributed by atoms with Crippen LogP contribution in [0.4, 0.5) is 0 Å². The molecule has 1 unspecified atom stereocenters. The Morgan fingerprint density at radius 3 is 2.67 bits per heavy atom. The second kappa shape index (κ2) is 6.92. The molecule has 1 saturated heterocycles. The number of sulfonamides is 1. The molecule has 2 N–H and O–H groups in total. The van der Waals surface area contributed by atoms with Gasteiger partial charge in [0, 0.05) is 13.1 Å². The van der Waals surface area contributed by atoms with Gasteiger partial charge in [0.15, 0.2) is 6.61 Å².